The first kappa shape index (κ1) is 21.5. The van der Waals surface area contributed by atoms with Gasteiger partial charge in [0.2, 0.25) is 15.9 Å². The van der Waals surface area contributed by atoms with Crippen LogP contribution in [0.5, 0.6) is 0 Å². The molecule has 2 N–H and O–H groups in total. The number of amides is 2. The first-order valence-corrected chi connectivity index (χ1v) is 12.1. The van der Waals surface area contributed by atoms with Gasteiger partial charge in [0, 0.05) is 36.8 Å². The molecule has 1 aliphatic heterocycles. The predicted molar refractivity (Wildman–Crippen MR) is 118 cm³/mol. The lowest BCUT2D eigenvalue weighted by Gasteiger charge is -2.17. The Morgan fingerprint density at radius 2 is 1.81 bits per heavy atom. The molecule has 7 nitrogen and oxygen atoms in total. The SMILES string of the molecule is Cc1ccc(S(=O)(=O)N2CCCC2)cc1C(=O)NCc1cccc(NC(=O)C2CC2)c1. The number of hydrogen-bond donors (Lipinski definition) is 2. The molecule has 0 radical (unpaired) electrons. The summed E-state index contributed by atoms with van der Waals surface area (Å²) in [5.41, 5.74) is 2.61. The fourth-order valence-electron chi connectivity index (χ4n) is 3.71. The zero-order valence-electron chi connectivity index (χ0n) is 17.6. The molecule has 2 aromatic rings. The van der Waals surface area contributed by atoms with Crippen molar-refractivity contribution in [3.05, 3.63) is 59.2 Å². The van der Waals surface area contributed by atoms with Gasteiger partial charge < -0.3 is 10.6 Å². The van der Waals surface area contributed by atoms with Gasteiger partial charge in [-0.05, 0) is 68.0 Å². The van der Waals surface area contributed by atoms with Gasteiger partial charge in [0.15, 0.2) is 0 Å². The molecular formula is C23H27N3O4S. The number of carbonyl (C=O) groups is 2. The van der Waals surface area contributed by atoms with E-state index in [9.17, 15) is 18.0 Å². The molecule has 0 atom stereocenters. The van der Waals surface area contributed by atoms with Crippen LogP contribution in [-0.4, -0.2) is 37.6 Å². The van der Waals surface area contributed by atoms with Crippen molar-refractivity contribution in [2.75, 3.05) is 18.4 Å². The van der Waals surface area contributed by atoms with Crippen LogP contribution in [0.1, 0.15) is 47.2 Å². The summed E-state index contributed by atoms with van der Waals surface area (Å²) < 4.78 is 27.1. The molecule has 1 aliphatic carbocycles. The summed E-state index contributed by atoms with van der Waals surface area (Å²) >= 11 is 0. The van der Waals surface area contributed by atoms with Gasteiger partial charge in [-0.15, -0.1) is 0 Å². The summed E-state index contributed by atoms with van der Waals surface area (Å²) in [7, 11) is -3.58. The number of rotatable bonds is 7. The molecular weight excluding hydrogens is 414 g/mol. The number of sulfonamides is 1. The van der Waals surface area contributed by atoms with E-state index in [0.717, 1.165) is 31.2 Å². The summed E-state index contributed by atoms with van der Waals surface area (Å²) in [6.07, 6.45) is 3.60. The third-order valence-corrected chi connectivity index (χ3v) is 7.65. The third-order valence-electron chi connectivity index (χ3n) is 5.75. The Bertz CT molecular complexity index is 1100. The van der Waals surface area contributed by atoms with Crippen LogP contribution in [0.3, 0.4) is 0 Å². The number of hydrogen-bond acceptors (Lipinski definition) is 4. The van der Waals surface area contributed by atoms with Crippen LogP contribution in [0.2, 0.25) is 0 Å². The Morgan fingerprint density at radius 1 is 1.06 bits per heavy atom. The van der Waals surface area contributed by atoms with Gasteiger partial charge in [-0.3, -0.25) is 9.59 Å². The van der Waals surface area contributed by atoms with Gasteiger partial charge >= 0.3 is 0 Å². The largest absolute Gasteiger partial charge is 0.348 e. The normalized spacial score (nSPS) is 16.8. The van der Waals surface area contributed by atoms with Crippen LogP contribution in [-0.2, 0) is 21.4 Å². The van der Waals surface area contributed by atoms with E-state index in [1.54, 1.807) is 19.1 Å². The second kappa shape index (κ2) is 8.80. The minimum Gasteiger partial charge on any atom is -0.348 e. The first-order chi connectivity index (χ1) is 14.8. The monoisotopic (exact) mass is 441 g/mol. The van der Waals surface area contributed by atoms with Gasteiger partial charge in [-0.2, -0.15) is 4.31 Å². The summed E-state index contributed by atoms with van der Waals surface area (Å²) in [5, 5.41) is 5.76. The summed E-state index contributed by atoms with van der Waals surface area (Å²) in [6.45, 7) is 3.10. The average Bonchev–Trinajstić information content (AvgIpc) is 3.46. The van der Waals surface area contributed by atoms with Crippen LogP contribution >= 0.6 is 0 Å². The Hall–Kier alpha value is -2.71. The molecule has 0 aromatic heterocycles. The Balaban J connectivity index is 1.44. The molecule has 2 aromatic carbocycles. The maximum atomic E-state index is 12.8. The highest BCUT2D eigenvalue weighted by molar-refractivity contribution is 7.89. The van der Waals surface area contributed by atoms with Gasteiger partial charge in [0.25, 0.3) is 5.91 Å². The van der Waals surface area contributed by atoms with Crippen molar-refractivity contribution >= 4 is 27.5 Å². The van der Waals surface area contributed by atoms with Crippen molar-refractivity contribution in [2.45, 2.75) is 44.0 Å². The number of nitrogens with one attached hydrogen (secondary N) is 2. The van der Waals surface area contributed by atoms with Crippen molar-refractivity contribution in [2.24, 2.45) is 5.92 Å². The summed E-state index contributed by atoms with van der Waals surface area (Å²) in [4.78, 5) is 24.9. The van der Waals surface area contributed by atoms with Crippen LogP contribution in [0.15, 0.2) is 47.4 Å². The lowest BCUT2D eigenvalue weighted by atomic mass is 10.1. The van der Waals surface area contributed by atoms with E-state index < -0.39 is 10.0 Å². The smallest absolute Gasteiger partial charge is 0.251 e. The number of aryl methyl sites for hydroxylation is 1. The maximum Gasteiger partial charge on any atom is 0.251 e. The summed E-state index contributed by atoms with van der Waals surface area (Å²) in [5.74, 6) is -0.174. The number of benzene rings is 2. The lowest BCUT2D eigenvalue weighted by molar-refractivity contribution is -0.117. The number of anilines is 1. The molecule has 2 aliphatic rings. The van der Waals surface area contributed by atoms with Crippen LogP contribution in [0.4, 0.5) is 5.69 Å². The molecule has 2 fully saturated rings. The molecule has 1 heterocycles. The standard InChI is InChI=1S/C23H27N3O4S/c1-16-7-10-20(31(29,30)26-11-2-3-12-26)14-21(16)23(28)24-15-17-5-4-6-19(13-17)25-22(27)18-8-9-18/h4-7,10,13-14,18H,2-3,8-9,11-12,15H2,1H3,(H,24,28)(H,25,27). The highest BCUT2D eigenvalue weighted by Gasteiger charge is 2.30. The molecule has 0 spiro atoms. The number of nitrogens with zero attached hydrogens (tertiary/aromatic N) is 1. The minimum atomic E-state index is -3.58. The number of carbonyl (C=O) groups excluding carboxylic acids is 2. The second-order valence-electron chi connectivity index (χ2n) is 8.23. The van der Waals surface area contributed by atoms with Crippen molar-refractivity contribution < 1.29 is 18.0 Å². The molecule has 0 unspecified atom stereocenters. The first-order valence-electron chi connectivity index (χ1n) is 10.6. The lowest BCUT2D eigenvalue weighted by Crippen LogP contribution is -2.29. The van der Waals surface area contributed by atoms with Crippen LogP contribution in [0.25, 0.3) is 0 Å². The Morgan fingerprint density at radius 3 is 2.52 bits per heavy atom. The van der Waals surface area contributed by atoms with Crippen molar-refractivity contribution in [3.63, 3.8) is 0 Å². The van der Waals surface area contributed by atoms with Crippen molar-refractivity contribution in [1.29, 1.82) is 0 Å². The predicted octanol–water partition coefficient (Wildman–Crippen LogP) is 3.06. The van der Waals surface area contributed by atoms with E-state index in [-0.39, 0.29) is 29.2 Å². The van der Waals surface area contributed by atoms with Crippen molar-refractivity contribution in [1.82, 2.24) is 9.62 Å². The zero-order valence-corrected chi connectivity index (χ0v) is 18.4. The van der Waals surface area contributed by atoms with Gasteiger partial charge in [-0.25, -0.2) is 8.42 Å². The molecule has 1 saturated heterocycles. The third kappa shape index (κ3) is 4.97. The van der Waals surface area contributed by atoms with Crippen LogP contribution < -0.4 is 10.6 Å². The Labute approximate surface area is 182 Å². The topological polar surface area (TPSA) is 95.6 Å². The van der Waals surface area contributed by atoms with E-state index in [4.69, 9.17) is 0 Å². The van der Waals surface area contributed by atoms with Crippen LogP contribution in [0, 0.1) is 12.8 Å². The molecule has 2 amide bonds. The minimum absolute atomic E-state index is 0.0350. The average molecular weight is 442 g/mol. The molecule has 1 saturated carbocycles. The maximum absolute atomic E-state index is 12.8. The fraction of sp³-hybridized carbons (Fsp3) is 0.391. The van der Waals surface area contributed by atoms with Crippen molar-refractivity contribution in [3.8, 4) is 0 Å². The zero-order chi connectivity index (χ0) is 22.0. The van der Waals surface area contributed by atoms with E-state index in [1.807, 2.05) is 24.3 Å². The van der Waals surface area contributed by atoms with Gasteiger partial charge in [-0.1, -0.05) is 18.2 Å². The molecule has 164 valence electrons. The van der Waals surface area contributed by atoms with E-state index in [0.29, 0.717) is 29.9 Å². The fourth-order valence-corrected chi connectivity index (χ4v) is 5.25. The molecule has 31 heavy (non-hydrogen) atoms. The summed E-state index contributed by atoms with van der Waals surface area (Å²) in [6, 6.07) is 12.1. The van der Waals surface area contributed by atoms with Gasteiger partial charge in [0.1, 0.15) is 0 Å². The Kier molecular flexibility index (Phi) is 6.11. The highest BCUT2D eigenvalue weighted by atomic mass is 32.2. The van der Waals surface area contributed by atoms with E-state index in [2.05, 4.69) is 10.6 Å². The van der Waals surface area contributed by atoms with Gasteiger partial charge in [0.05, 0.1) is 4.90 Å². The van der Waals surface area contributed by atoms with E-state index >= 15 is 0 Å². The quantitative estimate of drug-likeness (QED) is 0.690. The molecule has 0 bridgehead atoms. The highest BCUT2D eigenvalue weighted by Crippen LogP contribution is 2.30. The van der Waals surface area contributed by atoms with E-state index in [1.165, 1.54) is 10.4 Å². The molecule has 8 heteroatoms. The second-order valence-corrected chi connectivity index (χ2v) is 10.2. The molecule has 4 rings (SSSR count).